The lowest BCUT2D eigenvalue weighted by Gasteiger charge is -1.99. The largest absolute Gasteiger partial charge is 0.298 e. The molecule has 0 saturated carbocycles. The first-order valence-electron chi connectivity index (χ1n) is 5.81. The van der Waals surface area contributed by atoms with Gasteiger partial charge in [0.25, 0.3) is 0 Å². The summed E-state index contributed by atoms with van der Waals surface area (Å²) in [6, 6.07) is 9.20. The molecule has 0 atom stereocenters. The highest BCUT2D eigenvalue weighted by atomic mass is 16.1. The lowest BCUT2D eigenvalue weighted by Crippen LogP contribution is -1.96. The van der Waals surface area contributed by atoms with Crippen LogP contribution in [0.2, 0.25) is 0 Å². The minimum Gasteiger partial charge on any atom is -0.298 e. The first-order chi connectivity index (χ1) is 8.78. The molecule has 2 rings (SSSR count). The number of nitriles is 1. The van der Waals surface area contributed by atoms with E-state index in [9.17, 15) is 4.79 Å². The van der Waals surface area contributed by atoms with Crippen LogP contribution < -0.4 is 0 Å². The van der Waals surface area contributed by atoms with Gasteiger partial charge < -0.3 is 0 Å². The van der Waals surface area contributed by atoms with Gasteiger partial charge >= 0.3 is 0 Å². The van der Waals surface area contributed by atoms with E-state index in [0.717, 1.165) is 24.8 Å². The minimum absolute atomic E-state index is 0.554. The Bertz CT molecular complexity index is 608. The summed E-state index contributed by atoms with van der Waals surface area (Å²) in [5.74, 6) is 0. The van der Waals surface area contributed by atoms with Crippen LogP contribution in [0.3, 0.4) is 0 Å². The molecule has 0 radical (unpaired) electrons. The monoisotopic (exact) mass is 239 g/mol. The van der Waals surface area contributed by atoms with Gasteiger partial charge in [0.15, 0.2) is 6.29 Å². The molecule has 0 saturated heterocycles. The van der Waals surface area contributed by atoms with Crippen LogP contribution in [0, 0.1) is 11.3 Å². The molecule has 0 spiro atoms. The van der Waals surface area contributed by atoms with E-state index >= 15 is 0 Å². The molecular formula is C14H13N3O. The molecule has 18 heavy (non-hydrogen) atoms. The third kappa shape index (κ3) is 2.30. The first-order valence-corrected chi connectivity index (χ1v) is 5.81. The van der Waals surface area contributed by atoms with Gasteiger partial charge in [0.1, 0.15) is 5.69 Å². The van der Waals surface area contributed by atoms with E-state index in [-0.39, 0.29) is 0 Å². The third-order valence-corrected chi connectivity index (χ3v) is 2.63. The maximum Gasteiger partial charge on any atom is 0.153 e. The van der Waals surface area contributed by atoms with Crippen molar-refractivity contribution in [1.82, 2.24) is 9.78 Å². The van der Waals surface area contributed by atoms with Crippen molar-refractivity contribution in [1.29, 1.82) is 5.26 Å². The molecule has 4 heteroatoms. The van der Waals surface area contributed by atoms with Crippen molar-refractivity contribution in [2.24, 2.45) is 0 Å². The predicted molar refractivity (Wildman–Crippen MR) is 68.1 cm³/mol. The predicted octanol–water partition coefficient (Wildman–Crippen LogP) is 2.64. The molecule has 2 aromatic rings. The summed E-state index contributed by atoms with van der Waals surface area (Å²) in [5.41, 5.74) is 2.55. The second-order valence-corrected chi connectivity index (χ2v) is 4.01. The molecule has 0 fully saturated rings. The Kier molecular flexibility index (Phi) is 3.54. The highest BCUT2D eigenvalue weighted by Crippen LogP contribution is 2.22. The average molecular weight is 239 g/mol. The Morgan fingerprint density at radius 2 is 2.33 bits per heavy atom. The van der Waals surface area contributed by atoms with Crippen molar-refractivity contribution in [2.75, 3.05) is 0 Å². The standard InChI is InChI=1S/C14H13N3O/c1-2-6-17-9-13(10-18)14(16-17)12-5-3-4-11(7-12)8-15/h3-5,7,9-10H,2,6H2,1H3. The van der Waals surface area contributed by atoms with Gasteiger partial charge in [-0.3, -0.25) is 9.48 Å². The van der Waals surface area contributed by atoms with E-state index in [1.807, 2.05) is 6.07 Å². The Labute approximate surface area is 105 Å². The second-order valence-electron chi connectivity index (χ2n) is 4.01. The Morgan fingerprint density at radius 1 is 1.50 bits per heavy atom. The highest BCUT2D eigenvalue weighted by molar-refractivity contribution is 5.85. The van der Waals surface area contributed by atoms with Crippen molar-refractivity contribution >= 4 is 6.29 Å². The van der Waals surface area contributed by atoms with Crippen LogP contribution in [0.15, 0.2) is 30.5 Å². The molecule has 0 unspecified atom stereocenters. The van der Waals surface area contributed by atoms with E-state index in [1.165, 1.54) is 0 Å². The summed E-state index contributed by atoms with van der Waals surface area (Å²) < 4.78 is 1.76. The van der Waals surface area contributed by atoms with Gasteiger partial charge in [0.05, 0.1) is 17.2 Å². The van der Waals surface area contributed by atoms with E-state index in [2.05, 4.69) is 18.1 Å². The van der Waals surface area contributed by atoms with Crippen molar-refractivity contribution in [3.05, 3.63) is 41.6 Å². The van der Waals surface area contributed by atoms with Crippen LogP contribution in [0.5, 0.6) is 0 Å². The normalized spacial score (nSPS) is 10.0. The number of hydrogen-bond donors (Lipinski definition) is 0. The molecule has 0 bridgehead atoms. The molecule has 0 aliphatic carbocycles. The van der Waals surface area contributed by atoms with Gasteiger partial charge in [-0.05, 0) is 18.6 Å². The third-order valence-electron chi connectivity index (χ3n) is 2.63. The number of aromatic nitrogens is 2. The lowest BCUT2D eigenvalue weighted by molar-refractivity contribution is 0.112. The Balaban J connectivity index is 2.48. The van der Waals surface area contributed by atoms with Gasteiger partial charge in [-0.1, -0.05) is 19.1 Å². The zero-order valence-corrected chi connectivity index (χ0v) is 10.1. The van der Waals surface area contributed by atoms with Crippen molar-refractivity contribution < 1.29 is 4.79 Å². The van der Waals surface area contributed by atoms with E-state index in [1.54, 1.807) is 29.1 Å². The van der Waals surface area contributed by atoms with Gasteiger partial charge in [0, 0.05) is 18.3 Å². The summed E-state index contributed by atoms with van der Waals surface area (Å²) in [5, 5.41) is 13.3. The van der Waals surface area contributed by atoms with Gasteiger partial charge in [-0.15, -0.1) is 0 Å². The van der Waals surface area contributed by atoms with Crippen LogP contribution in [0.1, 0.15) is 29.3 Å². The molecule has 1 aromatic heterocycles. The number of rotatable bonds is 4. The summed E-state index contributed by atoms with van der Waals surface area (Å²) >= 11 is 0. The summed E-state index contributed by atoms with van der Waals surface area (Å²) in [7, 11) is 0. The molecule has 0 N–H and O–H groups in total. The minimum atomic E-state index is 0.554. The van der Waals surface area contributed by atoms with Crippen molar-refractivity contribution in [3.8, 4) is 17.3 Å². The molecule has 0 aliphatic heterocycles. The number of aldehydes is 1. The number of nitrogens with zero attached hydrogens (tertiary/aromatic N) is 3. The SMILES string of the molecule is CCCn1cc(C=O)c(-c2cccc(C#N)c2)n1. The van der Waals surface area contributed by atoms with Crippen LogP contribution in [0.4, 0.5) is 0 Å². The van der Waals surface area contributed by atoms with E-state index < -0.39 is 0 Å². The maximum atomic E-state index is 11.1. The smallest absolute Gasteiger partial charge is 0.153 e. The quantitative estimate of drug-likeness (QED) is 0.770. The highest BCUT2D eigenvalue weighted by Gasteiger charge is 2.10. The molecule has 0 amide bonds. The van der Waals surface area contributed by atoms with Crippen molar-refractivity contribution in [3.63, 3.8) is 0 Å². The fraction of sp³-hybridized carbons (Fsp3) is 0.214. The zero-order chi connectivity index (χ0) is 13.0. The van der Waals surface area contributed by atoms with Gasteiger partial charge in [0.2, 0.25) is 0 Å². The molecule has 4 nitrogen and oxygen atoms in total. The summed E-state index contributed by atoms with van der Waals surface area (Å²) in [6.45, 7) is 2.83. The second kappa shape index (κ2) is 5.28. The Morgan fingerprint density at radius 3 is 3.00 bits per heavy atom. The van der Waals surface area contributed by atoms with Gasteiger partial charge in [-0.2, -0.15) is 10.4 Å². The van der Waals surface area contributed by atoms with E-state index in [4.69, 9.17) is 5.26 Å². The van der Waals surface area contributed by atoms with Crippen LogP contribution in [-0.2, 0) is 6.54 Å². The fourth-order valence-corrected chi connectivity index (χ4v) is 1.83. The zero-order valence-electron chi connectivity index (χ0n) is 10.1. The fourth-order valence-electron chi connectivity index (χ4n) is 1.83. The number of carbonyl (C=O) groups is 1. The summed E-state index contributed by atoms with van der Waals surface area (Å²) in [4.78, 5) is 11.1. The Hall–Kier alpha value is -2.41. The number of carbonyl (C=O) groups excluding carboxylic acids is 1. The van der Waals surface area contributed by atoms with Gasteiger partial charge in [-0.25, -0.2) is 0 Å². The molecule has 1 aromatic carbocycles. The van der Waals surface area contributed by atoms with E-state index in [0.29, 0.717) is 16.8 Å². The lowest BCUT2D eigenvalue weighted by atomic mass is 10.1. The molecule has 1 heterocycles. The van der Waals surface area contributed by atoms with Crippen molar-refractivity contribution in [2.45, 2.75) is 19.9 Å². The topological polar surface area (TPSA) is 58.7 Å². The number of aryl methyl sites for hydroxylation is 1. The summed E-state index contributed by atoms with van der Waals surface area (Å²) in [6.07, 6.45) is 3.50. The molecular weight excluding hydrogens is 226 g/mol. The number of hydrogen-bond acceptors (Lipinski definition) is 3. The average Bonchev–Trinajstić information content (AvgIpc) is 2.82. The number of benzene rings is 1. The van der Waals surface area contributed by atoms with Crippen LogP contribution >= 0.6 is 0 Å². The van der Waals surface area contributed by atoms with Crippen LogP contribution in [-0.4, -0.2) is 16.1 Å². The molecule has 90 valence electrons. The van der Waals surface area contributed by atoms with Crippen LogP contribution in [0.25, 0.3) is 11.3 Å². The maximum absolute atomic E-state index is 11.1. The first kappa shape index (κ1) is 12.1. The molecule has 0 aliphatic rings.